The molecule has 168 valence electrons. The van der Waals surface area contributed by atoms with Crippen molar-refractivity contribution in [1.82, 2.24) is 24.6 Å². The van der Waals surface area contributed by atoms with Gasteiger partial charge >= 0.3 is 0 Å². The van der Waals surface area contributed by atoms with Crippen LogP contribution in [0.25, 0.3) is 0 Å². The standard InChI is InChI=1S/C22H31N5O4/c1-2-30-20-7-3-5-18-13-25-8-4-6-19(25)14-26(9-10-29-11-12-31-22(18)20)21(28)15-27-17-23-16-24-27/h3,5,7,16-17,19H,2,4,6,8-15H2,1H3/t19-/m0/s1. The number of carbonyl (C=O) groups excluding carboxylic acids is 1. The highest BCUT2D eigenvalue weighted by atomic mass is 16.5. The zero-order valence-corrected chi connectivity index (χ0v) is 18.1. The average Bonchev–Trinajstić information content (AvgIpc) is 3.43. The van der Waals surface area contributed by atoms with Gasteiger partial charge in [0.2, 0.25) is 5.91 Å². The number of rotatable bonds is 4. The predicted molar refractivity (Wildman–Crippen MR) is 114 cm³/mol. The van der Waals surface area contributed by atoms with E-state index in [4.69, 9.17) is 14.2 Å². The molecule has 0 N–H and O–H groups in total. The Labute approximate surface area is 182 Å². The van der Waals surface area contributed by atoms with Gasteiger partial charge in [0.05, 0.1) is 19.8 Å². The molecule has 4 rings (SSSR count). The molecule has 0 bridgehead atoms. The molecule has 0 unspecified atom stereocenters. The molecule has 0 saturated carbocycles. The molecule has 2 aliphatic heterocycles. The first-order chi connectivity index (χ1) is 15.2. The van der Waals surface area contributed by atoms with E-state index in [1.165, 1.54) is 6.33 Å². The van der Waals surface area contributed by atoms with E-state index < -0.39 is 0 Å². The number of benzene rings is 1. The summed E-state index contributed by atoms with van der Waals surface area (Å²) in [6.07, 6.45) is 5.20. The topological polar surface area (TPSA) is 81.9 Å². The van der Waals surface area contributed by atoms with E-state index in [0.29, 0.717) is 45.6 Å². The summed E-state index contributed by atoms with van der Waals surface area (Å²) in [5.74, 6) is 1.61. The highest BCUT2D eigenvalue weighted by molar-refractivity contribution is 5.75. The van der Waals surface area contributed by atoms with Crippen LogP contribution in [0.3, 0.4) is 0 Å². The van der Waals surface area contributed by atoms with E-state index in [2.05, 4.69) is 21.0 Å². The first kappa shape index (κ1) is 21.6. The van der Waals surface area contributed by atoms with Crippen molar-refractivity contribution in [1.29, 1.82) is 0 Å². The monoisotopic (exact) mass is 429 g/mol. The molecule has 0 spiro atoms. The number of hydrogen-bond donors (Lipinski definition) is 0. The number of aromatic nitrogens is 3. The minimum Gasteiger partial charge on any atom is -0.490 e. The normalized spacial score (nSPS) is 20.5. The van der Waals surface area contributed by atoms with Crippen LogP contribution < -0.4 is 9.47 Å². The molecule has 2 aromatic rings. The maximum Gasteiger partial charge on any atom is 0.244 e. The van der Waals surface area contributed by atoms with Crippen LogP contribution in [0.5, 0.6) is 11.5 Å². The van der Waals surface area contributed by atoms with Gasteiger partial charge in [-0.1, -0.05) is 12.1 Å². The van der Waals surface area contributed by atoms with Gasteiger partial charge in [0.15, 0.2) is 11.5 Å². The molecule has 1 amide bonds. The van der Waals surface area contributed by atoms with Crippen molar-refractivity contribution in [3.05, 3.63) is 36.4 Å². The second-order valence-electron chi connectivity index (χ2n) is 7.84. The molecule has 1 fully saturated rings. The molecule has 9 nitrogen and oxygen atoms in total. The molecule has 1 saturated heterocycles. The van der Waals surface area contributed by atoms with Gasteiger partial charge in [-0.25, -0.2) is 9.67 Å². The van der Waals surface area contributed by atoms with Gasteiger partial charge in [-0.05, 0) is 32.4 Å². The minimum atomic E-state index is 0.0334. The quantitative estimate of drug-likeness (QED) is 0.730. The minimum absolute atomic E-state index is 0.0334. The van der Waals surface area contributed by atoms with Gasteiger partial charge in [0.25, 0.3) is 0 Å². The Morgan fingerprint density at radius 3 is 3.03 bits per heavy atom. The van der Waals surface area contributed by atoms with Crippen LogP contribution in [-0.2, 0) is 22.6 Å². The van der Waals surface area contributed by atoms with Crippen molar-refractivity contribution < 1.29 is 19.0 Å². The number of carbonyl (C=O) groups is 1. The summed E-state index contributed by atoms with van der Waals surface area (Å²) in [4.78, 5) is 21.3. The molecule has 0 radical (unpaired) electrons. The summed E-state index contributed by atoms with van der Waals surface area (Å²) in [6.45, 7) is 7.13. The predicted octanol–water partition coefficient (Wildman–Crippen LogP) is 1.58. The fourth-order valence-electron chi connectivity index (χ4n) is 4.25. The van der Waals surface area contributed by atoms with E-state index >= 15 is 0 Å². The van der Waals surface area contributed by atoms with Crippen molar-refractivity contribution in [2.24, 2.45) is 0 Å². The molecular weight excluding hydrogens is 398 g/mol. The fourth-order valence-corrected chi connectivity index (χ4v) is 4.25. The summed E-state index contributed by atoms with van der Waals surface area (Å²) >= 11 is 0. The Bertz CT molecular complexity index is 844. The maximum absolute atomic E-state index is 13.0. The Morgan fingerprint density at radius 1 is 1.26 bits per heavy atom. The van der Waals surface area contributed by atoms with Crippen molar-refractivity contribution in [3.63, 3.8) is 0 Å². The van der Waals surface area contributed by atoms with Crippen LogP contribution in [-0.4, -0.2) is 82.6 Å². The highest BCUT2D eigenvalue weighted by Gasteiger charge is 2.29. The third kappa shape index (κ3) is 5.54. The highest BCUT2D eigenvalue weighted by Crippen LogP contribution is 2.34. The summed E-state index contributed by atoms with van der Waals surface area (Å²) in [6, 6.07) is 6.36. The zero-order valence-electron chi connectivity index (χ0n) is 18.1. The van der Waals surface area contributed by atoms with E-state index in [1.54, 1.807) is 11.0 Å². The molecule has 31 heavy (non-hydrogen) atoms. The maximum atomic E-state index is 13.0. The first-order valence-corrected chi connectivity index (χ1v) is 11.0. The molecular formula is C22H31N5O4. The van der Waals surface area contributed by atoms with E-state index in [1.807, 2.05) is 24.0 Å². The summed E-state index contributed by atoms with van der Waals surface area (Å²) in [5, 5.41) is 4.07. The Morgan fingerprint density at radius 2 is 2.19 bits per heavy atom. The Hall–Kier alpha value is -2.65. The SMILES string of the molecule is CCOc1cccc2c1OCCOCCN(C(=O)Cn1cncn1)C[C@@H]1CCCN1C2. The van der Waals surface area contributed by atoms with Crippen molar-refractivity contribution >= 4 is 5.91 Å². The second-order valence-corrected chi connectivity index (χ2v) is 7.84. The lowest BCUT2D eigenvalue weighted by molar-refractivity contribution is -0.133. The lowest BCUT2D eigenvalue weighted by Gasteiger charge is -2.31. The van der Waals surface area contributed by atoms with E-state index in [0.717, 1.165) is 43.0 Å². The number of hydrogen-bond acceptors (Lipinski definition) is 7. The van der Waals surface area contributed by atoms with Gasteiger partial charge in [0.1, 0.15) is 25.8 Å². The van der Waals surface area contributed by atoms with Crippen molar-refractivity contribution in [3.8, 4) is 11.5 Å². The molecule has 3 heterocycles. The van der Waals surface area contributed by atoms with Crippen molar-refractivity contribution in [2.45, 2.75) is 38.9 Å². The lowest BCUT2D eigenvalue weighted by atomic mass is 10.1. The molecule has 0 aliphatic carbocycles. The summed E-state index contributed by atoms with van der Waals surface area (Å²) in [7, 11) is 0. The second kappa shape index (κ2) is 10.6. The van der Waals surface area contributed by atoms with Gasteiger partial charge < -0.3 is 19.1 Å². The number of amides is 1. The van der Waals surface area contributed by atoms with Gasteiger partial charge in [-0.2, -0.15) is 5.10 Å². The van der Waals surface area contributed by atoms with Crippen LogP contribution in [0.1, 0.15) is 25.3 Å². The van der Waals surface area contributed by atoms with E-state index in [-0.39, 0.29) is 12.5 Å². The van der Waals surface area contributed by atoms with Crippen LogP contribution >= 0.6 is 0 Å². The zero-order chi connectivity index (χ0) is 21.5. The molecule has 1 aromatic heterocycles. The summed E-state index contributed by atoms with van der Waals surface area (Å²) < 4.78 is 19.3. The lowest BCUT2D eigenvalue weighted by Crippen LogP contribution is -2.45. The van der Waals surface area contributed by atoms with Gasteiger partial charge in [0, 0.05) is 31.2 Å². The Balaban J connectivity index is 1.53. The number of para-hydroxylation sites is 1. The number of nitrogens with zero attached hydrogens (tertiary/aromatic N) is 5. The van der Waals surface area contributed by atoms with Crippen LogP contribution in [0.2, 0.25) is 0 Å². The largest absolute Gasteiger partial charge is 0.490 e. The first-order valence-electron chi connectivity index (χ1n) is 11.0. The molecule has 1 aromatic carbocycles. The summed E-state index contributed by atoms with van der Waals surface area (Å²) in [5.41, 5.74) is 1.11. The van der Waals surface area contributed by atoms with Gasteiger partial charge in [-0.15, -0.1) is 0 Å². The van der Waals surface area contributed by atoms with Crippen LogP contribution in [0.4, 0.5) is 0 Å². The smallest absolute Gasteiger partial charge is 0.244 e. The molecule has 1 atom stereocenters. The average molecular weight is 430 g/mol. The van der Waals surface area contributed by atoms with Gasteiger partial charge in [-0.3, -0.25) is 9.69 Å². The molecule has 9 heteroatoms. The third-order valence-electron chi connectivity index (χ3n) is 5.76. The van der Waals surface area contributed by atoms with Crippen LogP contribution in [0.15, 0.2) is 30.9 Å². The third-order valence-corrected chi connectivity index (χ3v) is 5.76. The number of fused-ring (bicyclic) bond motifs is 2. The molecule has 2 aliphatic rings. The van der Waals surface area contributed by atoms with E-state index in [9.17, 15) is 4.79 Å². The van der Waals surface area contributed by atoms with Crippen molar-refractivity contribution in [2.75, 3.05) is 46.1 Å². The van der Waals surface area contributed by atoms with Crippen LogP contribution in [0, 0.1) is 0 Å². The number of ether oxygens (including phenoxy) is 3. The fraction of sp³-hybridized carbons (Fsp3) is 0.591. The Kier molecular flexibility index (Phi) is 7.37.